The summed E-state index contributed by atoms with van der Waals surface area (Å²) < 4.78 is 24.5. The average Bonchev–Trinajstić information content (AvgIpc) is 3.99. The molecule has 0 atom stereocenters. The minimum absolute atomic E-state index is 0. The predicted octanol–water partition coefficient (Wildman–Crippen LogP) is 8.19. The summed E-state index contributed by atoms with van der Waals surface area (Å²) >= 11 is 0. The van der Waals surface area contributed by atoms with Gasteiger partial charge in [-0.1, -0.05) is 76.5 Å². The number of fused-ring (bicyclic) bond motifs is 5. The smallest absolute Gasteiger partial charge is 0.509 e. The number of nitrogens with zero attached hydrogens (tertiary/aromatic N) is 8. The van der Waals surface area contributed by atoms with Gasteiger partial charge >= 0.3 is 54.1 Å². The molecule has 0 N–H and O–H groups in total. The first-order chi connectivity index (χ1) is 26.6. The van der Waals surface area contributed by atoms with Crippen LogP contribution in [0.3, 0.4) is 0 Å². The van der Waals surface area contributed by atoms with E-state index >= 15 is 0 Å². The fourth-order valence-electron chi connectivity index (χ4n) is 6.73. The maximum Gasteiger partial charge on any atom is 2.00 e. The molecule has 4 aromatic carbocycles. The molecule has 0 amide bonds. The third-order valence-corrected chi connectivity index (χ3v) is 9.06. The first-order valence-electron chi connectivity index (χ1n) is 17.2. The number of ether oxygens (including phenoxy) is 2. The topological polar surface area (TPSA) is 66.1 Å². The van der Waals surface area contributed by atoms with Gasteiger partial charge in [-0.25, -0.2) is 9.97 Å². The van der Waals surface area contributed by atoms with E-state index in [0.29, 0.717) is 23.0 Å². The second-order valence-corrected chi connectivity index (χ2v) is 12.7. The molecule has 0 radical (unpaired) electrons. The van der Waals surface area contributed by atoms with E-state index in [1.165, 1.54) is 0 Å². The average molecular weight is 1090 g/mol. The van der Waals surface area contributed by atoms with Gasteiger partial charge in [0.1, 0.15) is 23.0 Å². The number of hydrogen-bond acceptors (Lipinski definition) is 4. The van der Waals surface area contributed by atoms with E-state index in [2.05, 4.69) is 57.5 Å². The Labute approximate surface area is 350 Å². The van der Waals surface area contributed by atoms with Gasteiger partial charge in [0.05, 0.1) is 0 Å². The minimum Gasteiger partial charge on any atom is -0.509 e. The van der Waals surface area contributed by atoms with Gasteiger partial charge in [0.2, 0.25) is 12.4 Å². The van der Waals surface area contributed by atoms with Gasteiger partial charge in [0, 0.05) is 46.4 Å². The summed E-state index contributed by atoms with van der Waals surface area (Å²) in [7, 11) is 3.85. The molecule has 0 bridgehead atoms. The van der Waals surface area contributed by atoms with Crippen molar-refractivity contribution in [2.45, 2.75) is 0 Å². The van der Waals surface area contributed by atoms with Crippen molar-refractivity contribution in [3.8, 4) is 34.6 Å². The van der Waals surface area contributed by atoms with E-state index in [9.17, 15) is 0 Å². The summed E-state index contributed by atoms with van der Waals surface area (Å²) in [4.78, 5) is 9.59. The fraction of sp³-hybridized carbons (Fsp3) is 0.0455. The van der Waals surface area contributed by atoms with Crippen molar-refractivity contribution in [1.29, 1.82) is 0 Å². The van der Waals surface area contributed by atoms with Gasteiger partial charge in [-0.05, 0) is 24.3 Å². The largest absolute Gasteiger partial charge is 2.00 e. The van der Waals surface area contributed by atoms with Gasteiger partial charge < -0.3 is 18.6 Å². The molecule has 0 saturated heterocycles. The van der Waals surface area contributed by atoms with E-state index < -0.39 is 0 Å². The Morgan fingerprint density at radius 1 is 0.500 bits per heavy atom. The number of benzene rings is 4. The van der Waals surface area contributed by atoms with Gasteiger partial charge in [-0.3, -0.25) is 0 Å². The molecule has 272 valence electrons. The molecule has 0 spiro atoms. The fourth-order valence-corrected chi connectivity index (χ4v) is 6.73. The third kappa shape index (κ3) is 6.60. The van der Waals surface area contributed by atoms with E-state index in [4.69, 9.17) is 19.4 Å². The first kappa shape index (κ1) is 36.7. The number of pyridine rings is 2. The molecular weight excluding hydrogens is 1060 g/mol. The van der Waals surface area contributed by atoms with Crippen LogP contribution >= 0.6 is 0 Å². The molecule has 2 aliphatic rings. The van der Waals surface area contributed by atoms with Crippen LogP contribution in [0.2, 0.25) is 0 Å². The van der Waals surface area contributed by atoms with Crippen LogP contribution in [0.25, 0.3) is 44.5 Å². The summed E-state index contributed by atoms with van der Waals surface area (Å²) in [5.74, 6) is 3.66. The Balaban J connectivity index is 0.00000220. The maximum atomic E-state index is 6.40. The van der Waals surface area contributed by atoms with E-state index in [-0.39, 0.29) is 42.1 Å². The maximum absolute atomic E-state index is 6.40. The summed E-state index contributed by atoms with van der Waals surface area (Å²) in [6, 6.07) is 51.5. The Morgan fingerprint density at radius 3 is 1.34 bits per heavy atom. The Morgan fingerprint density at radius 2 is 0.946 bits per heavy atom. The van der Waals surface area contributed by atoms with Crippen molar-refractivity contribution < 1.29 is 69.9 Å². The van der Waals surface area contributed by atoms with Crippen LogP contribution in [0.15, 0.2) is 134 Å². The summed E-state index contributed by atoms with van der Waals surface area (Å²) in [6.45, 7) is 0. The second-order valence-electron chi connectivity index (χ2n) is 12.7. The van der Waals surface area contributed by atoms with Crippen LogP contribution in [-0.4, -0.2) is 63.5 Å². The van der Waals surface area contributed by atoms with Gasteiger partial charge in [0.15, 0.2) is 14.1 Å². The molecule has 56 heavy (non-hydrogen) atoms. The van der Waals surface area contributed by atoms with Crippen molar-refractivity contribution in [3.63, 3.8) is 0 Å². The predicted molar refractivity (Wildman–Crippen MR) is 202 cm³/mol. The SMILES string of the molecule is C[N+]1=C=[N+](c2[c-]c(Oc3[c-]c4c(cc3)c3c(c5ccc(Oc6[c-]c([N+]7=C=[N+](C)C=C7)ccc6)[c-]c5n3-c3ccccn3)n4-c3ccccn3)ccc2)C=C1.[Pt+2].[Pt+2]. The number of aromatic nitrogens is 4. The molecule has 0 aliphatic carbocycles. The van der Waals surface area contributed by atoms with Crippen molar-refractivity contribution in [2.24, 2.45) is 0 Å². The zero-order valence-electron chi connectivity index (χ0n) is 29.7. The molecule has 0 saturated carbocycles. The molecular formula is C44H28N8O2Pt2+4. The summed E-state index contributed by atoms with van der Waals surface area (Å²) in [5.41, 5.74) is 5.07. The van der Waals surface area contributed by atoms with Gasteiger partial charge in [0.25, 0.3) is 12.4 Å². The van der Waals surface area contributed by atoms with Crippen molar-refractivity contribution in [2.75, 3.05) is 14.1 Å². The standard InChI is InChI=1S/C44H28N8O2.2Pt/c1-47-21-23-49(29-47)31-9-7-11-33(25-31)53-35-15-17-37-39(27-35)51(41-13-3-5-19-45-41)44-38-18-16-36(28-40(38)52(43(37)44)42-14-4-6-20-46-42)54-34-12-8-10-32(26-34)50-24-22-48(2)30-50;;/h3-24H,1-2H3;;/q;2*+2. The Kier molecular flexibility index (Phi) is 9.90. The Bertz CT molecular complexity index is 2840. The molecule has 8 aromatic rings. The molecule has 10 nitrogen and oxygen atoms in total. The molecule has 4 aromatic heterocycles. The van der Waals surface area contributed by atoms with E-state index in [1.807, 2.05) is 142 Å². The van der Waals surface area contributed by atoms with Crippen molar-refractivity contribution in [1.82, 2.24) is 19.1 Å². The quantitative estimate of drug-likeness (QED) is 0.114. The minimum atomic E-state index is 0. The van der Waals surface area contributed by atoms with Crippen molar-refractivity contribution >= 4 is 56.2 Å². The molecule has 0 unspecified atom stereocenters. The molecule has 12 heteroatoms. The van der Waals surface area contributed by atoms with Crippen LogP contribution in [0.4, 0.5) is 11.4 Å². The number of hydrogen-bond donors (Lipinski definition) is 0. The second kappa shape index (κ2) is 15.1. The molecule has 10 rings (SSSR count). The van der Waals surface area contributed by atoms with Crippen LogP contribution in [0.5, 0.6) is 23.0 Å². The Hall–Kier alpha value is -6.26. The normalized spacial score (nSPS) is 13.0. The van der Waals surface area contributed by atoms with Crippen LogP contribution < -0.4 is 9.47 Å². The third-order valence-electron chi connectivity index (χ3n) is 9.06. The molecule has 0 fully saturated rings. The first-order valence-corrected chi connectivity index (χ1v) is 17.2. The monoisotopic (exact) mass is 1090 g/mol. The molecule has 2 aliphatic heterocycles. The van der Waals surface area contributed by atoms with E-state index in [0.717, 1.165) is 55.8 Å². The number of rotatable bonds is 8. The van der Waals surface area contributed by atoms with Crippen LogP contribution in [0.1, 0.15) is 0 Å². The van der Waals surface area contributed by atoms with Crippen LogP contribution in [0, 0.1) is 24.3 Å². The van der Waals surface area contributed by atoms with Crippen LogP contribution in [-0.2, 0) is 42.1 Å². The van der Waals surface area contributed by atoms with Crippen molar-refractivity contribution in [3.05, 3.63) is 159 Å². The summed E-state index contributed by atoms with van der Waals surface area (Å²) in [6.07, 6.45) is 11.3. The zero-order valence-corrected chi connectivity index (χ0v) is 34.3. The van der Waals surface area contributed by atoms with Gasteiger partial charge in [-0.2, -0.15) is 24.3 Å². The van der Waals surface area contributed by atoms with E-state index in [1.54, 1.807) is 12.4 Å². The molecule has 6 heterocycles. The van der Waals surface area contributed by atoms with Gasteiger partial charge in [-0.15, -0.1) is 36.4 Å². The zero-order chi connectivity index (χ0) is 36.2. The summed E-state index contributed by atoms with van der Waals surface area (Å²) in [5, 5.41) is 1.87.